The number of likely N-dealkylation sites (N-methyl/N-ethyl adjacent to an activating group) is 1. The van der Waals surface area contributed by atoms with Crippen molar-refractivity contribution in [2.75, 3.05) is 14.1 Å². The van der Waals surface area contributed by atoms with Crippen LogP contribution in [0.1, 0.15) is 25.6 Å². The van der Waals surface area contributed by atoms with Gasteiger partial charge in [-0.3, -0.25) is 10.5 Å². The average molecular weight is 212 g/mol. The molecule has 1 aromatic rings. The molecule has 0 spiro atoms. The summed E-state index contributed by atoms with van der Waals surface area (Å²) in [5, 5.41) is 7.77. The number of nitrogens with two attached hydrogens (primary N) is 1. The number of hydrogen-bond acceptors (Lipinski definition) is 5. The van der Waals surface area contributed by atoms with Gasteiger partial charge in [0.25, 0.3) is 0 Å². The molecule has 6 heteroatoms. The Balaban J connectivity index is 3.04. The van der Waals surface area contributed by atoms with Crippen LogP contribution in [0.15, 0.2) is 6.20 Å². The highest BCUT2D eigenvalue weighted by atomic mass is 15.4. The molecule has 0 amide bonds. The van der Waals surface area contributed by atoms with Crippen LogP contribution < -0.4 is 11.3 Å². The fourth-order valence-electron chi connectivity index (χ4n) is 1.47. The highest BCUT2D eigenvalue weighted by Gasteiger charge is 2.34. The summed E-state index contributed by atoms with van der Waals surface area (Å²) in [5.74, 6) is 5.61. The number of aromatic nitrogens is 3. The fraction of sp³-hybridized carbons (Fsp3) is 0.778. The molecule has 1 aromatic heterocycles. The zero-order chi connectivity index (χ0) is 11.6. The molecule has 0 saturated heterocycles. The van der Waals surface area contributed by atoms with Crippen LogP contribution in [0.4, 0.5) is 0 Å². The Hall–Kier alpha value is -0.980. The zero-order valence-corrected chi connectivity index (χ0v) is 10.0. The van der Waals surface area contributed by atoms with E-state index in [4.69, 9.17) is 5.84 Å². The van der Waals surface area contributed by atoms with Gasteiger partial charge >= 0.3 is 0 Å². The first-order chi connectivity index (χ1) is 6.91. The molecule has 0 bridgehead atoms. The molecule has 86 valence electrons. The van der Waals surface area contributed by atoms with Gasteiger partial charge in [-0.05, 0) is 27.9 Å². The molecule has 6 nitrogen and oxygen atoms in total. The van der Waals surface area contributed by atoms with Crippen LogP contribution in [0, 0.1) is 0 Å². The number of rotatable bonds is 4. The minimum atomic E-state index is -0.121. The highest BCUT2D eigenvalue weighted by Crippen LogP contribution is 2.27. The molecule has 0 aliphatic carbocycles. The first-order valence-electron chi connectivity index (χ1n) is 4.89. The van der Waals surface area contributed by atoms with Gasteiger partial charge in [-0.2, -0.15) is 0 Å². The number of hydrazine groups is 1. The maximum Gasteiger partial charge on any atom is 0.0823 e. The summed E-state index contributed by atoms with van der Waals surface area (Å²) in [4.78, 5) is 2.12. The van der Waals surface area contributed by atoms with E-state index in [9.17, 15) is 0 Å². The predicted molar refractivity (Wildman–Crippen MR) is 58.8 cm³/mol. The molecule has 0 aliphatic heterocycles. The molecule has 0 saturated carbocycles. The smallest absolute Gasteiger partial charge is 0.0823 e. The van der Waals surface area contributed by atoms with E-state index >= 15 is 0 Å². The quantitative estimate of drug-likeness (QED) is 0.528. The van der Waals surface area contributed by atoms with Crippen molar-refractivity contribution >= 4 is 0 Å². The predicted octanol–water partition coefficient (Wildman–Crippen LogP) is -0.340. The van der Waals surface area contributed by atoms with Gasteiger partial charge in [0.1, 0.15) is 0 Å². The summed E-state index contributed by atoms with van der Waals surface area (Å²) in [5.41, 5.74) is 3.67. The summed E-state index contributed by atoms with van der Waals surface area (Å²) < 4.78 is 1.73. The van der Waals surface area contributed by atoms with E-state index in [1.165, 1.54) is 0 Å². The van der Waals surface area contributed by atoms with Gasteiger partial charge in [0, 0.05) is 12.6 Å². The van der Waals surface area contributed by atoms with Crippen molar-refractivity contribution in [3.63, 3.8) is 0 Å². The van der Waals surface area contributed by atoms with E-state index in [1.54, 1.807) is 10.9 Å². The van der Waals surface area contributed by atoms with Crippen molar-refractivity contribution in [2.45, 2.75) is 25.4 Å². The van der Waals surface area contributed by atoms with Gasteiger partial charge in [-0.15, -0.1) is 5.10 Å². The molecule has 1 unspecified atom stereocenters. The molecular weight excluding hydrogens is 192 g/mol. The topological polar surface area (TPSA) is 72.0 Å². The second kappa shape index (κ2) is 4.26. The molecule has 1 rings (SSSR count). The van der Waals surface area contributed by atoms with Gasteiger partial charge < -0.3 is 4.90 Å². The van der Waals surface area contributed by atoms with E-state index in [2.05, 4.69) is 34.5 Å². The normalized spacial score (nSPS) is 14.6. The number of nitrogens with zero attached hydrogens (tertiary/aromatic N) is 4. The van der Waals surface area contributed by atoms with E-state index in [0.29, 0.717) is 0 Å². The van der Waals surface area contributed by atoms with E-state index < -0.39 is 0 Å². The summed E-state index contributed by atoms with van der Waals surface area (Å²) in [6.45, 7) is 4.23. The van der Waals surface area contributed by atoms with E-state index in [0.717, 1.165) is 5.69 Å². The molecule has 1 atom stereocenters. The van der Waals surface area contributed by atoms with Gasteiger partial charge in [0.2, 0.25) is 0 Å². The third kappa shape index (κ3) is 2.17. The fourth-order valence-corrected chi connectivity index (χ4v) is 1.47. The lowest BCUT2D eigenvalue weighted by molar-refractivity contribution is 0.133. The Kier molecular flexibility index (Phi) is 3.43. The van der Waals surface area contributed by atoms with Crippen LogP contribution in [-0.4, -0.2) is 39.5 Å². The van der Waals surface area contributed by atoms with Crippen molar-refractivity contribution in [3.8, 4) is 0 Å². The number of hydrogen-bond donors (Lipinski definition) is 2. The Morgan fingerprint density at radius 2 is 2.13 bits per heavy atom. The minimum Gasteiger partial charge on any atom is -0.302 e. The van der Waals surface area contributed by atoms with Gasteiger partial charge in [0.15, 0.2) is 0 Å². The first-order valence-corrected chi connectivity index (χ1v) is 4.89. The SMILES string of the molecule is CN(C)C(C)(C)C(NN)c1cnnn1C. The Labute approximate surface area is 90.4 Å². The molecule has 0 fully saturated rings. The van der Waals surface area contributed by atoms with Crippen LogP contribution >= 0.6 is 0 Å². The maximum atomic E-state index is 5.61. The van der Waals surface area contributed by atoms with Crippen LogP contribution in [0.2, 0.25) is 0 Å². The largest absolute Gasteiger partial charge is 0.302 e. The van der Waals surface area contributed by atoms with Gasteiger partial charge in [0.05, 0.1) is 17.9 Å². The lowest BCUT2D eigenvalue weighted by Gasteiger charge is -2.39. The van der Waals surface area contributed by atoms with Crippen molar-refractivity contribution in [1.82, 2.24) is 25.3 Å². The molecule has 0 radical (unpaired) electrons. The van der Waals surface area contributed by atoms with E-state index in [1.807, 2.05) is 21.1 Å². The molecule has 0 aliphatic rings. The van der Waals surface area contributed by atoms with Crippen LogP contribution in [0.3, 0.4) is 0 Å². The summed E-state index contributed by atoms with van der Waals surface area (Å²) in [6.07, 6.45) is 1.73. The summed E-state index contributed by atoms with van der Waals surface area (Å²) >= 11 is 0. The van der Waals surface area contributed by atoms with Crippen molar-refractivity contribution in [3.05, 3.63) is 11.9 Å². The molecule has 0 aromatic carbocycles. The van der Waals surface area contributed by atoms with Crippen molar-refractivity contribution in [2.24, 2.45) is 12.9 Å². The lowest BCUT2D eigenvalue weighted by Crippen LogP contribution is -2.51. The number of aryl methyl sites for hydroxylation is 1. The highest BCUT2D eigenvalue weighted by molar-refractivity contribution is 5.09. The Morgan fingerprint density at radius 3 is 2.47 bits per heavy atom. The van der Waals surface area contributed by atoms with Gasteiger partial charge in [-0.25, -0.2) is 5.43 Å². The van der Waals surface area contributed by atoms with Crippen molar-refractivity contribution < 1.29 is 0 Å². The molecular formula is C9H20N6. The summed E-state index contributed by atoms with van der Waals surface area (Å²) in [6, 6.07) is -0.0208. The third-order valence-electron chi connectivity index (χ3n) is 3.07. The lowest BCUT2D eigenvalue weighted by atomic mass is 9.91. The molecule has 15 heavy (non-hydrogen) atoms. The standard InChI is InChI=1S/C9H20N6/c1-9(2,14(3)4)8(12-10)7-6-11-13-15(7)5/h6,8,12H,10H2,1-5H3. The second-order valence-electron chi connectivity index (χ2n) is 4.43. The van der Waals surface area contributed by atoms with Crippen molar-refractivity contribution in [1.29, 1.82) is 0 Å². The Morgan fingerprint density at radius 1 is 1.53 bits per heavy atom. The zero-order valence-electron chi connectivity index (χ0n) is 10.0. The van der Waals surface area contributed by atoms with Gasteiger partial charge in [-0.1, -0.05) is 5.21 Å². The van der Waals surface area contributed by atoms with Crippen LogP contribution in [0.25, 0.3) is 0 Å². The van der Waals surface area contributed by atoms with Crippen LogP contribution in [-0.2, 0) is 7.05 Å². The van der Waals surface area contributed by atoms with E-state index in [-0.39, 0.29) is 11.6 Å². The number of nitrogens with one attached hydrogen (secondary N) is 1. The monoisotopic (exact) mass is 212 g/mol. The second-order valence-corrected chi connectivity index (χ2v) is 4.43. The molecule has 3 N–H and O–H groups in total. The third-order valence-corrected chi connectivity index (χ3v) is 3.07. The minimum absolute atomic E-state index is 0.0208. The maximum absolute atomic E-state index is 5.61. The average Bonchev–Trinajstić information content (AvgIpc) is 2.53. The Bertz CT molecular complexity index is 316. The molecule has 1 heterocycles. The first kappa shape index (κ1) is 12.1. The van der Waals surface area contributed by atoms with Crippen LogP contribution in [0.5, 0.6) is 0 Å². The summed E-state index contributed by atoms with van der Waals surface area (Å²) in [7, 11) is 5.90.